The van der Waals surface area contributed by atoms with Crippen LogP contribution in [0.3, 0.4) is 0 Å². The molecular formula is C32H48N6O10P2S2. The van der Waals surface area contributed by atoms with Crippen molar-refractivity contribution < 1.29 is 46.8 Å². The Morgan fingerprint density at radius 3 is 1.48 bits per heavy atom. The molecule has 0 aromatic carbocycles. The highest BCUT2D eigenvalue weighted by atomic mass is 32.1. The lowest BCUT2D eigenvalue weighted by Gasteiger charge is -2.24. The van der Waals surface area contributed by atoms with Crippen LogP contribution in [0.4, 0.5) is 10.3 Å². The Kier molecular flexibility index (Phi) is 15.4. The van der Waals surface area contributed by atoms with Crippen LogP contribution in [0.15, 0.2) is 33.1 Å². The van der Waals surface area contributed by atoms with Crippen LogP contribution >= 0.6 is 37.7 Å². The monoisotopic (exact) mass is 802 g/mol. The van der Waals surface area contributed by atoms with Gasteiger partial charge in [0.25, 0.3) is 7.44 Å². The van der Waals surface area contributed by atoms with Crippen LogP contribution in [0.2, 0.25) is 0 Å². The van der Waals surface area contributed by atoms with Gasteiger partial charge in [-0.2, -0.15) is 0 Å². The summed E-state index contributed by atoms with van der Waals surface area (Å²) in [5.41, 5.74) is 12.4. The highest BCUT2D eigenvalue weighted by molar-refractivity contribution is 7.67. The molecule has 0 saturated carbocycles. The molecule has 20 heteroatoms. The average molecular weight is 803 g/mol. The van der Waals surface area contributed by atoms with Gasteiger partial charge in [0, 0.05) is 9.75 Å². The molecule has 4 aromatic rings. The molecule has 0 aliphatic carbocycles. The summed E-state index contributed by atoms with van der Waals surface area (Å²) in [7, 11) is -8.17. The maximum Gasteiger partial charge on any atom is 0.391 e. The van der Waals surface area contributed by atoms with Gasteiger partial charge in [0.05, 0.1) is 13.2 Å². The number of anilines is 2. The number of ether oxygens (including phenoxy) is 2. The van der Waals surface area contributed by atoms with Crippen molar-refractivity contribution in [3.8, 4) is 22.9 Å². The number of furan rings is 2. The molecule has 0 unspecified atom stereocenters. The summed E-state index contributed by atoms with van der Waals surface area (Å²) in [4.78, 5) is 52.9. The minimum Gasteiger partial charge on any atom is -0.465 e. The number of rotatable bonds is 16. The van der Waals surface area contributed by atoms with E-state index < -0.39 is 39.1 Å². The van der Waals surface area contributed by atoms with Gasteiger partial charge in [-0.15, -0.1) is 22.7 Å². The molecule has 16 nitrogen and oxygen atoms in total. The first-order valence-corrected chi connectivity index (χ1v) is 21.5. The van der Waals surface area contributed by atoms with Crippen molar-refractivity contribution in [2.75, 3.05) is 24.7 Å². The van der Waals surface area contributed by atoms with E-state index in [1.165, 1.54) is 54.7 Å². The number of carbonyl (C=O) groups is 2. The average Bonchev–Trinajstić information content (AvgIpc) is 3.84. The number of aromatic nitrogens is 2. The maximum atomic E-state index is 14.0. The molecule has 52 heavy (non-hydrogen) atoms. The molecule has 0 spiro atoms. The fraction of sp³-hybridized carbons (Fsp3) is 0.500. The van der Waals surface area contributed by atoms with Gasteiger partial charge >= 0.3 is 19.5 Å². The van der Waals surface area contributed by atoms with Crippen LogP contribution in [-0.4, -0.2) is 57.0 Å². The lowest BCUT2D eigenvalue weighted by molar-refractivity contribution is -0.145. The van der Waals surface area contributed by atoms with Crippen molar-refractivity contribution in [3.63, 3.8) is 0 Å². The van der Waals surface area contributed by atoms with Gasteiger partial charge in [0.1, 0.15) is 23.5 Å². The van der Waals surface area contributed by atoms with Gasteiger partial charge in [0.2, 0.25) is 5.50 Å². The Hall–Kier alpha value is -3.34. The molecular weight excluding hydrogens is 754 g/mol. The van der Waals surface area contributed by atoms with E-state index in [9.17, 15) is 18.7 Å². The van der Waals surface area contributed by atoms with E-state index >= 15 is 0 Å². The Morgan fingerprint density at radius 1 is 0.750 bits per heavy atom. The maximum absolute atomic E-state index is 14.0. The number of hydrogen-bond donors (Lipinski definition) is 6. The summed E-state index contributed by atoms with van der Waals surface area (Å²) in [6.45, 7) is 15.1. The van der Waals surface area contributed by atoms with Crippen molar-refractivity contribution >= 4 is 70.9 Å². The van der Waals surface area contributed by atoms with E-state index in [1.54, 1.807) is 19.9 Å². The normalized spacial score (nSPS) is 13.2. The lowest BCUT2D eigenvalue weighted by Crippen LogP contribution is -2.44. The second-order valence-electron chi connectivity index (χ2n) is 12.5. The molecule has 0 amide bonds. The van der Waals surface area contributed by atoms with Crippen molar-refractivity contribution in [1.29, 1.82) is 0 Å². The molecule has 0 bridgehead atoms. The standard InChI is InChI=1S/C21H33N4O6PS.C11H15N2O4PS/c1-7-29-19(26)13(5)24-32(28,25-14(6)20(27)30-8-2)17-10-9-15(31-17)18-16(11-12(3)4)33-21(22)23-18;1-6(2)5-8-10(13-11(12)19-8)7-3-4-9(17-7)18(14,15)16/h9-10,12-14H,7-8,11H2,1-6H3,(H2,22,23)(H2,24,25,28);3-4,6H,5H2,1-2H3,(H2,12,13)(H2,14,15,16)/t13-,14-;/m0./s1. The van der Waals surface area contributed by atoms with Crippen molar-refractivity contribution in [1.82, 2.24) is 20.1 Å². The molecule has 4 rings (SSSR count). The second kappa shape index (κ2) is 18.6. The SMILES string of the molecule is CC(C)Cc1sc(N)nc1-c1ccc(P(=O)(O)O)o1.CCOC(=O)[C@H](C)NP(=O)(N[C@@H](C)C(=O)OCC)c1ccc(-c2nc(N)sc2CC(C)C)o1. The first kappa shape index (κ1) is 43.1. The quantitative estimate of drug-likeness (QED) is 0.0638. The van der Waals surface area contributed by atoms with Gasteiger partial charge in [-0.05, 0) is 76.6 Å². The smallest absolute Gasteiger partial charge is 0.391 e. The lowest BCUT2D eigenvalue weighted by atomic mass is 10.1. The summed E-state index contributed by atoms with van der Waals surface area (Å²) in [5, 5.41) is 6.35. The minimum atomic E-state index is -4.38. The fourth-order valence-electron chi connectivity index (χ4n) is 4.73. The van der Waals surface area contributed by atoms with Crippen LogP contribution < -0.4 is 32.6 Å². The molecule has 288 valence electrons. The molecule has 0 saturated heterocycles. The first-order valence-electron chi connectivity index (χ1n) is 16.5. The van der Waals surface area contributed by atoms with Crippen molar-refractivity contribution in [3.05, 3.63) is 34.0 Å². The Bertz CT molecular complexity index is 1870. The van der Waals surface area contributed by atoms with Crippen LogP contribution in [0, 0.1) is 11.8 Å². The Morgan fingerprint density at radius 2 is 1.13 bits per heavy atom. The van der Waals surface area contributed by atoms with Crippen LogP contribution in [0.25, 0.3) is 22.9 Å². The zero-order chi connectivity index (χ0) is 39.0. The van der Waals surface area contributed by atoms with E-state index in [0.717, 1.165) is 22.6 Å². The summed E-state index contributed by atoms with van der Waals surface area (Å²) in [6, 6.07) is 4.08. The topological polar surface area (TPSA) is 255 Å². The van der Waals surface area contributed by atoms with Crippen LogP contribution in [0.1, 0.15) is 65.1 Å². The third kappa shape index (κ3) is 11.8. The largest absolute Gasteiger partial charge is 0.465 e. The molecule has 4 heterocycles. The molecule has 8 N–H and O–H groups in total. The number of hydrogen-bond acceptors (Lipinski definition) is 14. The van der Waals surface area contributed by atoms with Crippen molar-refractivity contribution in [2.45, 2.75) is 80.3 Å². The van der Waals surface area contributed by atoms with E-state index in [1.807, 2.05) is 0 Å². The Balaban J connectivity index is 0.000000323. The zero-order valence-electron chi connectivity index (χ0n) is 30.4. The van der Waals surface area contributed by atoms with Crippen LogP contribution in [-0.2, 0) is 41.0 Å². The van der Waals surface area contributed by atoms with Gasteiger partial charge in [-0.25, -0.2) is 20.1 Å². The number of nitrogen functional groups attached to an aromatic ring is 2. The third-order valence-corrected chi connectivity index (χ3v) is 11.9. The number of nitrogens with zero attached hydrogens (tertiary/aromatic N) is 2. The molecule has 0 radical (unpaired) electrons. The molecule has 0 aliphatic rings. The predicted octanol–water partition coefficient (Wildman–Crippen LogP) is 5.07. The van der Waals surface area contributed by atoms with E-state index in [0.29, 0.717) is 45.0 Å². The summed E-state index contributed by atoms with van der Waals surface area (Å²) >= 11 is 2.75. The molecule has 2 atom stereocenters. The number of nitrogens with two attached hydrogens (primary N) is 2. The number of nitrogens with one attached hydrogen (secondary N) is 2. The summed E-state index contributed by atoms with van der Waals surface area (Å²) in [6.07, 6.45) is 1.55. The summed E-state index contributed by atoms with van der Waals surface area (Å²) < 4.78 is 46.3. The number of carbonyl (C=O) groups excluding carboxylic acids is 2. The van der Waals surface area contributed by atoms with E-state index in [-0.39, 0.29) is 24.2 Å². The van der Waals surface area contributed by atoms with Gasteiger partial charge in [-0.1, -0.05) is 27.7 Å². The zero-order valence-corrected chi connectivity index (χ0v) is 33.8. The van der Waals surface area contributed by atoms with E-state index in [2.05, 4.69) is 47.8 Å². The molecule has 0 fully saturated rings. The highest BCUT2D eigenvalue weighted by Crippen LogP contribution is 2.40. The van der Waals surface area contributed by atoms with Gasteiger partial charge in [-0.3, -0.25) is 18.7 Å². The van der Waals surface area contributed by atoms with Crippen LogP contribution in [0.5, 0.6) is 0 Å². The molecule has 0 aliphatic heterocycles. The minimum absolute atomic E-state index is 0.0341. The fourth-order valence-corrected chi connectivity index (χ4v) is 9.45. The second-order valence-corrected chi connectivity index (χ2v) is 18.4. The third-order valence-electron chi connectivity index (χ3n) is 6.89. The highest BCUT2D eigenvalue weighted by Gasteiger charge is 2.36. The molecule has 4 aromatic heterocycles. The van der Waals surface area contributed by atoms with E-state index in [4.69, 9.17) is 39.6 Å². The number of esters is 2. The van der Waals surface area contributed by atoms with Gasteiger partial charge < -0.3 is 39.6 Å². The first-order chi connectivity index (χ1) is 24.3. The van der Waals surface area contributed by atoms with Gasteiger partial charge in [0.15, 0.2) is 27.3 Å². The summed E-state index contributed by atoms with van der Waals surface area (Å²) in [5.74, 6) is 0.369. The Labute approximate surface area is 310 Å². The number of thiazole rings is 2. The van der Waals surface area contributed by atoms with Crippen molar-refractivity contribution in [2.24, 2.45) is 11.8 Å². The predicted molar refractivity (Wildman–Crippen MR) is 203 cm³/mol.